The predicted molar refractivity (Wildman–Crippen MR) is 97.9 cm³/mol. The van der Waals surface area contributed by atoms with Gasteiger partial charge in [0.1, 0.15) is 12.0 Å². The fraction of sp³-hybridized carbons (Fsp3) is 0.333. The Morgan fingerprint density at radius 3 is 2.54 bits per heavy atom. The molecule has 1 aliphatic heterocycles. The zero-order chi connectivity index (χ0) is 17.9. The second-order valence-electron chi connectivity index (χ2n) is 6.31. The third kappa shape index (κ3) is 3.17. The van der Waals surface area contributed by atoms with E-state index in [-0.39, 0.29) is 5.91 Å². The van der Waals surface area contributed by atoms with Gasteiger partial charge in [-0.1, -0.05) is 31.2 Å². The van der Waals surface area contributed by atoms with Crippen molar-refractivity contribution in [1.82, 2.24) is 30.3 Å². The van der Waals surface area contributed by atoms with Crippen molar-refractivity contribution in [3.8, 4) is 11.3 Å². The van der Waals surface area contributed by atoms with Crippen molar-refractivity contribution in [1.29, 1.82) is 0 Å². The monoisotopic (exact) mass is 351 g/mol. The molecule has 0 unspecified atom stereocenters. The van der Waals surface area contributed by atoms with Crippen LogP contribution in [-0.4, -0.2) is 62.4 Å². The Hall–Kier alpha value is -3.16. The number of aromatic nitrogens is 5. The summed E-state index contributed by atoms with van der Waals surface area (Å²) in [5, 5.41) is 13.9. The molecule has 3 aromatic rings. The van der Waals surface area contributed by atoms with Gasteiger partial charge in [-0.2, -0.15) is 15.2 Å². The van der Waals surface area contributed by atoms with Crippen molar-refractivity contribution in [3.05, 3.63) is 47.9 Å². The molecule has 1 saturated heterocycles. The van der Waals surface area contributed by atoms with Crippen LogP contribution in [0.25, 0.3) is 11.3 Å². The topological polar surface area (TPSA) is 93.8 Å². The number of hydrogen-bond acceptors (Lipinski definition) is 5. The Labute approximate surface area is 151 Å². The molecule has 26 heavy (non-hydrogen) atoms. The maximum atomic E-state index is 12.7. The highest BCUT2D eigenvalue weighted by Gasteiger charge is 2.24. The standard InChI is InChI=1S/C18H21N7O/c1-2-13-3-5-14(6-4-13)15-11-16(22-21-15)17(26)24-7-9-25(10-8-24)18-19-12-20-23-18/h3-6,11-12H,2,7-10H2,1H3,(H,21,22)(H,19,20,23). The van der Waals surface area contributed by atoms with Gasteiger partial charge in [0.15, 0.2) is 0 Å². The van der Waals surface area contributed by atoms with E-state index in [9.17, 15) is 4.79 Å². The summed E-state index contributed by atoms with van der Waals surface area (Å²) >= 11 is 0. The SMILES string of the molecule is CCc1ccc(-c2cc(C(=O)N3CCN(c4ncn[nH]4)CC3)[nH]n2)cc1. The lowest BCUT2D eigenvalue weighted by atomic mass is 10.1. The van der Waals surface area contributed by atoms with Crippen molar-refractivity contribution < 1.29 is 4.79 Å². The Kier molecular flexibility index (Phi) is 4.39. The van der Waals surface area contributed by atoms with E-state index in [4.69, 9.17) is 0 Å². The average molecular weight is 351 g/mol. The van der Waals surface area contributed by atoms with Gasteiger partial charge in [-0.25, -0.2) is 5.10 Å². The van der Waals surface area contributed by atoms with Crippen LogP contribution in [0, 0.1) is 0 Å². The highest BCUT2D eigenvalue weighted by Crippen LogP contribution is 2.20. The van der Waals surface area contributed by atoms with E-state index in [1.54, 1.807) is 0 Å². The lowest BCUT2D eigenvalue weighted by Gasteiger charge is -2.34. The van der Waals surface area contributed by atoms with Gasteiger partial charge in [0.2, 0.25) is 5.95 Å². The molecular formula is C18H21N7O. The second-order valence-corrected chi connectivity index (χ2v) is 6.31. The summed E-state index contributed by atoms with van der Waals surface area (Å²) in [5.41, 5.74) is 3.60. The van der Waals surface area contributed by atoms with Crippen LogP contribution in [-0.2, 0) is 6.42 Å². The number of amides is 1. The van der Waals surface area contributed by atoms with E-state index in [0.29, 0.717) is 18.8 Å². The summed E-state index contributed by atoms with van der Waals surface area (Å²) in [6.07, 6.45) is 2.50. The van der Waals surface area contributed by atoms with Gasteiger partial charge in [-0.15, -0.1) is 0 Å². The van der Waals surface area contributed by atoms with Crippen molar-refractivity contribution in [3.63, 3.8) is 0 Å². The molecule has 0 bridgehead atoms. The number of carbonyl (C=O) groups is 1. The van der Waals surface area contributed by atoms with Gasteiger partial charge >= 0.3 is 0 Å². The second kappa shape index (κ2) is 6.99. The van der Waals surface area contributed by atoms with Crippen molar-refractivity contribution in [2.75, 3.05) is 31.1 Å². The maximum absolute atomic E-state index is 12.7. The lowest BCUT2D eigenvalue weighted by Crippen LogP contribution is -2.49. The van der Waals surface area contributed by atoms with Crippen LogP contribution in [0.1, 0.15) is 23.0 Å². The summed E-state index contributed by atoms with van der Waals surface area (Å²) in [7, 11) is 0. The Balaban J connectivity index is 1.42. The average Bonchev–Trinajstić information content (AvgIpc) is 3.40. The Morgan fingerprint density at radius 1 is 1.12 bits per heavy atom. The number of piperazine rings is 1. The number of anilines is 1. The minimum Gasteiger partial charge on any atom is -0.338 e. The first kappa shape index (κ1) is 16.3. The van der Waals surface area contributed by atoms with E-state index in [1.807, 2.05) is 23.1 Å². The first-order valence-electron chi connectivity index (χ1n) is 8.79. The first-order chi connectivity index (χ1) is 12.7. The van der Waals surface area contributed by atoms with Gasteiger partial charge in [-0.05, 0) is 18.1 Å². The van der Waals surface area contributed by atoms with Crippen molar-refractivity contribution in [2.24, 2.45) is 0 Å². The van der Waals surface area contributed by atoms with Crippen LogP contribution in [0.2, 0.25) is 0 Å². The van der Waals surface area contributed by atoms with Gasteiger partial charge in [0.25, 0.3) is 5.91 Å². The minimum absolute atomic E-state index is 0.0221. The summed E-state index contributed by atoms with van der Waals surface area (Å²) in [5.74, 6) is 0.725. The van der Waals surface area contributed by atoms with Gasteiger partial charge in [0, 0.05) is 31.7 Å². The third-order valence-electron chi connectivity index (χ3n) is 4.73. The number of H-pyrrole nitrogens is 2. The molecule has 2 aromatic heterocycles. The van der Waals surface area contributed by atoms with E-state index in [2.05, 4.69) is 49.3 Å². The third-order valence-corrected chi connectivity index (χ3v) is 4.73. The van der Waals surface area contributed by atoms with Crippen molar-refractivity contribution >= 4 is 11.9 Å². The molecule has 0 saturated carbocycles. The molecule has 134 valence electrons. The predicted octanol–water partition coefficient (Wildman–Crippen LogP) is 1.72. The quantitative estimate of drug-likeness (QED) is 0.746. The van der Waals surface area contributed by atoms with Crippen LogP contribution in [0.3, 0.4) is 0 Å². The number of nitrogens with one attached hydrogen (secondary N) is 2. The Morgan fingerprint density at radius 2 is 1.88 bits per heavy atom. The van der Waals surface area contributed by atoms with E-state index >= 15 is 0 Å². The molecule has 0 aliphatic carbocycles. The fourth-order valence-corrected chi connectivity index (χ4v) is 3.13. The normalized spacial score (nSPS) is 14.7. The molecule has 0 atom stereocenters. The van der Waals surface area contributed by atoms with Gasteiger partial charge < -0.3 is 9.80 Å². The number of rotatable bonds is 4. The highest BCUT2D eigenvalue weighted by atomic mass is 16.2. The summed E-state index contributed by atoms with van der Waals surface area (Å²) in [6.45, 7) is 4.85. The summed E-state index contributed by atoms with van der Waals surface area (Å²) in [4.78, 5) is 20.8. The van der Waals surface area contributed by atoms with Crippen LogP contribution in [0.4, 0.5) is 5.95 Å². The van der Waals surface area contributed by atoms with Gasteiger partial charge in [-0.3, -0.25) is 9.89 Å². The van der Waals surface area contributed by atoms with Gasteiger partial charge in [0.05, 0.1) is 5.69 Å². The maximum Gasteiger partial charge on any atom is 0.272 e. The van der Waals surface area contributed by atoms with E-state index in [0.717, 1.165) is 36.7 Å². The smallest absolute Gasteiger partial charge is 0.272 e. The van der Waals surface area contributed by atoms with Crippen molar-refractivity contribution in [2.45, 2.75) is 13.3 Å². The lowest BCUT2D eigenvalue weighted by molar-refractivity contribution is 0.0740. The molecule has 2 N–H and O–H groups in total. The number of nitrogens with zero attached hydrogens (tertiary/aromatic N) is 5. The molecule has 0 radical (unpaired) electrons. The number of aromatic amines is 2. The van der Waals surface area contributed by atoms with E-state index in [1.165, 1.54) is 11.9 Å². The van der Waals surface area contributed by atoms with E-state index < -0.39 is 0 Å². The number of benzene rings is 1. The zero-order valence-corrected chi connectivity index (χ0v) is 14.6. The molecule has 8 heteroatoms. The molecule has 1 fully saturated rings. The number of carbonyl (C=O) groups excluding carboxylic acids is 1. The molecule has 1 amide bonds. The molecular weight excluding hydrogens is 330 g/mol. The Bertz CT molecular complexity index is 861. The zero-order valence-electron chi connectivity index (χ0n) is 14.6. The molecule has 8 nitrogen and oxygen atoms in total. The molecule has 1 aliphatic rings. The fourth-order valence-electron chi connectivity index (χ4n) is 3.13. The summed E-state index contributed by atoms with van der Waals surface area (Å²) in [6, 6.07) is 10.1. The molecule has 3 heterocycles. The minimum atomic E-state index is -0.0221. The molecule has 1 aromatic carbocycles. The number of hydrogen-bond donors (Lipinski definition) is 2. The largest absolute Gasteiger partial charge is 0.338 e. The van der Waals surface area contributed by atoms with Crippen LogP contribution < -0.4 is 4.90 Å². The molecule has 4 rings (SSSR count). The molecule has 0 spiro atoms. The summed E-state index contributed by atoms with van der Waals surface area (Å²) < 4.78 is 0. The first-order valence-corrected chi connectivity index (χ1v) is 8.79. The number of aryl methyl sites for hydroxylation is 1. The van der Waals surface area contributed by atoms with Crippen LogP contribution in [0.5, 0.6) is 0 Å². The van der Waals surface area contributed by atoms with Crippen LogP contribution >= 0.6 is 0 Å². The van der Waals surface area contributed by atoms with Crippen LogP contribution in [0.15, 0.2) is 36.7 Å². The highest BCUT2D eigenvalue weighted by molar-refractivity contribution is 5.93.